The van der Waals surface area contributed by atoms with Gasteiger partial charge in [0.15, 0.2) is 0 Å². The van der Waals surface area contributed by atoms with Crippen molar-refractivity contribution >= 4 is 28.8 Å². The monoisotopic (exact) mass is 419 g/mol. The molecule has 1 amide bonds. The van der Waals surface area contributed by atoms with Gasteiger partial charge in [-0.2, -0.15) is 5.26 Å². The third-order valence-corrected chi connectivity index (χ3v) is 4.76. The van der Waals surface area contributed by atoms with Crippen molar-refractivity contribution in [2.45, 2.75) is 19.9 Å². The van der Waals surface area contributed by atoms with E-state index in [1.54, 1.807) is 14.1 Å². The molecule has 9 heteroatoms. The van der Waals surface area contributed by atoms with Crippen LogP contribution in [0.5, 0.6) is 0 Å². The van der Waals surface area contributed by atoms with Crippen molar-refractivity contribution in [3.05, 3.63) is 47.4 Å². The summed E-state index contributed by atoms with van der Waals surface area (Å²) in [6.07, 6.45) is 3.38. The van der Waals surface area contributed by atoms with Gasteiger partial charge in [-0.1, -0.05) is 29.8 Å². The summed E-state index contributed by atoms with van der Waals surface area (Å²) < 4.78 is 1.86. The maximum atomic E-state index is 12.5. The zero-order valence-corrected chi connectivity index (χ0v) is 17.8. The Kier molecular flexibility index (Phi) is 6.65. The highest BCUT2D eigenvalue weighted by Crippen LogP contribution is 2.38. The molecule has 0 radical (unpaired) electrons. The highest BCUT2D eigenvalue weighted by atomic mass is 16.3. The number of nitrogens with two attached hydrogens (primary N) is 1. The number of nitriles is 1. The molecule has 9 nitrogen and oxygen atoms in total. The van der Waals surface area contributed by atoms with E-state index in [1.807, 2.05) is 41.8 Å². The smallest absolute Gasteiger partial charge is 0.276 e. The van der Waals surface area contributed by atoms with Crippen LogP contribution in [0.15, 0.2) is 36.2 Å². The van der Waals surface area contributed by atoms with E-state index in [1.165, 1.54) is 17.4 Å². The second-order valence-corrected chi connectivity index (χ2v) is 7.32. The number of hydrogen-bond donors (Lipinski definition) is 3. The summed E-state index contributed by atoms with van der Waals surface area (Å²) in [4.78, 5) is 21.1. The number of hydrazine groups is 1. The van der Waals surface area contributed by atoms with Gasteiger partial charge in [0.2, 0.25) is 0 Å². The molecular weight excluding hydrogens is 394 g/mol. The van der Waals surface area contributed by atoms with Crippen LogP contribution in [0, 0.1) is 18.3 Å². The van der Waals surface area contributed by atoms with Gasteiger partial charge in [-0.15, -0.1) is 0 Å². The molecule has 3 rings (SSSR count). The number of benzene rings is 1. The Morgan fingerprint density at radius 3 is 2.65 bits per heavy atom. The number of aliphatic hydroxyl groups is 1. The molecule has 0 bridgehead atoms. The molecule has 2 aromatic heterocycles. The first-order valence-electron chi connectivity index (χ1n) is 9.78. The fraction of sp³-hybridized carbons (Fsp3) is 0.273. The van der Waals surface area contributed by atoms with E-state index in [9.17, 15) is 15.2 Å². The largest absolute Gasteiger partial charge is 0.396 e. The van der Waals surface area contributed by atoms with Crippen LogP contribution in [0.4, 0.5) is 5.82 Å². The van der Waals surface area contributed by atoms with Crippen LogP contribution in [-0.2, 0) is 11.3 Å². The number of nitrogens with one attached hydrogen (secondary N) is 1. The molecule has 1 aromatic carbocycles. The quantitative estimate of drug-likeness (QED) is 0.302. The Balaban J connectivity index is 2.36. The van der Waals surface area contributed by atoms with Gasteiger partial charge in [-0.3, -0.25) is 10.2 Å². The van der Waals surface area contributed by atoms with Gasteiger partial charge < -0.3 is 15.4 Å². The Morgan fingerprint density at radius 1 is 1.32 bits per heavy atom. The van der Waals surface area contributed by atoms with Crippen LogP contribution in [-0.4, -0.2) is 51.3 Å². The molecule has 0 aliphatic heterocycles. The molecule has 0 aliphatic rings. The number of amides is 1. The Hall–Kier alpha value is -3.74. The number of hydrogen-bond acceptors (Lipinski definition) is 7. The van der Waals surface area contributed by atoms with Gasteiger partial charge in [0.1, 0.15) is 29.4 Å². The lowest BCUT2D eigenvalue weighted by Crippen LogP contribution is -2.36. The van der Waals surface area contributed by atoms with E-state index in [-0.39, 0.29) is 12.2 Å². The highest BCUT2D eigenvalue weighted by molar-refractivity contribution is 6.08. The second kappa shape index (κ2) is 9.38. The van der Waals surface area contributed by atoms with Crippen LogP contribution >= 0.6 is 0 Å². The summed E-state index contributed by atoms with van der Waals surface area (Å²) in [6.45, 7) is 2.40. The SMILES string of the molecule is Cc1ccc(-c2c(/C=C(\C#N)C(=O)NN(C)C)n(CCCO)c3ncnc(N)c23)cc1. The van der Waals surface area contributed by atoms with Crippen LogP contribution in [0.25, 0.3) is 28.2 Å². The van der Waals surface area contributed by atoms with Gasteiger partial charge in [0.25, 0.3) is 5.91 Å². The first-order chi connectivity index (χ1) is 14.9. The van der Waals surface area contributed by atoms with Crippen LogP contribution in [0.3, 0.4) is 0 Å². The van der Waals surface area contributed by atoms with Crippen molar-refractivity contribution in [2.24, 2.45) is 0 Å². The number of fused-ring (bicyclic) bond motifs is 1. The molecule has 0 atom stereocenters. The zero-order chi connectivity index (χ0) is 22.5. The summed E-state index contributed by atoms with van der Waals surface area (Å²) in [7, 11) is 3.33. The summed E-state index contributed by atoms with van der Waals surface area (Å²) in [5.74, 6) is -0.227. The predicted molar refractivity (Wildman–Crippen MR) is 119 cm³/mol. The lowest BCUT2D eigenvalue weighted by atomic mass is 10.0. The van der Waals surface area contributed by atoms with E-state index >= 15 is 0 Å². The van der Waals surface area contributed by atoms with Gasteiger partial charge in [0, 0.05) is 32.8 Å². The molecule has 0 spiro atoms. The molecule has 160 valence electrons. The van der Waals surface area contributed by atoms with Gasteiger partial charge in [0.05, 0.1) is 11.1 Å². The van der Waals surface area contributed by atoms with Crippen LogP contribution < -0.4 is 11.2 Å². The standard InChI is InChI=1S/C22H25N7O2/c1-14-5-7-15(8-6-14)18-17(11-16(12-23)22(31)27-28(2)3)29(9-4-10-30)21-19(18)20(24)25-13-26-21/h5-8,11,13,30H,4,9-10H2,1-3H3,(H,27,31)(H2,24,25,26)/b16-11+. The van der Waals surface area contributed by atoms with Crippen LogP contribution in [0.2, 0.25) is 0 Å². The molecule has 0 unspecified atom stereocenters. The van der Waals surface area contributed by atoms with E-state index in [2.05, 4.69) is 15.4 Å². The molecule has 4 N–H and O–H groups in total. The Labute approximate surface area is 180 Å². The number of rotatable bonds is 7. The van der Waals surface area contributed by atoms with Crippen molar-refractivity contribution in [3.8, 4) is 17.2 Å². The second-order valence-electron chi connectivity index (χ2n) is 7.32. The molecule has 0 saturated heterocycles. The van der Waals surface area contributed by atoms with E-state index in [0.29, 0.717) is 35.5 Å². The number of anilines is 1. The summed E-state index contributed by atoms with van der Waals surface area (Å²) in [5, 5.41) is 21.2. The molecule has 3 aromatic rings. The average molecular weight is 419 g/mol. The topological polar surface area (TPSA) is 133 Å². The summed E-state index contributed by atoms with van der Waals surface area (Å²) in [5.41, 5.74) is 12.6. The first kappa shape index (κ1) is 22.0. The molecule has 0 aliphatic carbocycles. The third-order valence-electron chi connectivity index (χ3n) is 4.76. The Morgan fingerprint density at radius 2 is 2.03 bits per heavy atom. The highest BCUT2D eigenvalue weighted by Gasteiger charge is 2.22. The zero-order valence-electron chi connectivity index (χ0n) is 17.8. The number of carbonyl (C=O) groups excluding carboxylic acids is 1. The molecule has 2 heterocycles. The van der Waals surface area contributed by atoms with Gasteiger partial charge >= 0.3 is 0 Å². The van der Waals surface area contributed by atoms with E-state index in [0.717, 1.165) is 16.7 Å². The molecular formula is C22H25N7O2. The van der Waals surface area contributed by atoms with Crippen molar-refractivity contribution in [2.75, 3.05) is 26.4 Å². The summed E-state index contributed by atoms with van der Waals surface area (Å²) in [6, 6.07) is 9.84. The van der Waals surface area contributed by atoms with Gasteiger partial charge in [-0.05, 0) is 25.0 Å². The fourth-order valence-corrected chi connectivity index (χ4v) is 3.38. The minimum atomic E-state index is -0.527. The van der Waals surface area contributed by atoms with E-state index in [4.69, 9.17) is 5.73 Å². The molecule has 0 fully saturated rings. The number of aryl methyl sites for hydroxylation is 2. The summed E-state index contributed by atoms with van der Waals surface area (Å²) >= 11 is 0. The Bertz CT molecular complexity index is 1170. The number of aromatic nitrogens is 3. The molecule has 31 heavy (non-hydrogen) atoms. The van der Waals surface area contributed by atoms with Gasteiger partial charge in [-0.25, -0.2) is 15.0 Å². The maximum absolute atomic E-state index is 12.5. The maximum Gasteiger partial charge on any atom is 0.276 e. The van der Waals surface area contributed by atoms with Crippen molar-refractivity contribution in [3.63, 3.8) is 0 Å². The number of nitrogen functional groups attached to an aromatic ring is 1. The average Bonchev–Trinajstić information content (AvgIpc) is 3.04. The van der Waals surface area contributed by atoms with Crippen LogP contribution in [0.1, 0.15) is 17.7 Å². The third kappa shape index (κ3) is 4.55. The minimum absolute atomic E-state index is 0.0184. The lowest BCUT2D eigenvalue weighted by Gasteiger charge is -2.12. The fourth-order valence-electron chi connectivity index (χ4n) is 3.38. The van der Waals surface area contributed by atoms with E-state index < -0.39 is 5.91 Å². The number of nitrogens with zero attached hydrogens (tertiary/aromatic N) is 5. The lowest BCUT2D eigenvalue weighted by molar-refractivity contribution is -0.120. The van der Waals surface area contributed by atoms with Crippen molar-refractivity contribution in [1.29, 1.82) is 5.26 Å². The van der Waals surface area contributed by atoms with Crippen molar-refractivity contribution < 1.29 is 9.90 Å². The number of carbonyl (C=O) groups is 1. The normalized spacial score (nSPS) is 11.7. The van der Waals surface area contributed by atoms with Crippen molar-refractivity contribution in [1.82, 2.24) is 25.0 Å². The first-order valence-corrected chi connectivity index (χ1v) is 9.78. The molecule has 0 saturated carbocycles. The predicted octanol–water partition coefficient (Wildman–Crippen LogP) is 1.87. The number of aliphatic hydroxyl groups excluding tert-OH is 1. The minimum Gasteiger partial charge on any atom is -0.396 e.